The van der Waals surface area contributed by atoms with Gasteiger partial charge in [0.05, 0.1) is 0 Å². The van der Waals surface area contributed by atoms with Crippen molar-refractivity contribution >= 4 is 22.9 Å². The van der Waals surface area contributed by atoms with Crippen LogP contribution in [0.25, 0.3) is 0 Å². The van der Waals surface area contributed by atoms with Gasteiger partial charge in [-0.05, 0) is 42.1 Å². The van der Waals surface area contributed by atoms with E-state index in [1.807, 2.05) is 16.3 Å². The van der Waals surface area contributed by atoms with Gasteiger partial charge in [-0.2, -0.15) is 0 Å². The zero-order chi connectivity index (χ0) is 15.4. The fourth-order valence-corrected chi connectivity index (χ4v) is 3.42. The fourth-order valence-electron chi connectivity index (χ4n) is 2.71. The lowest BCUT2D eigenvalue weighted by atomic mass is 10.2. The molecule has 22 heavy (non-hydrogen) atoms. The van der Waals surface area contributed by atoms with Gasteiger partial charge in [-0.25, -0.2) is 4.39 Å². The molecule has 0 N–H and O–H groups in total. The van der Waals surface area contributed by atoms with Gasteiger partial charge in [0.2, 0.25) is 5.91 Å². The van der Waals surface area contributed by atoms with Crippen LogP contribution in [-0.4, -0.2) is 37.0 Å². The lowest BCUT2D eigenvalue weighted by molar-refractivity contribution is -0.131. The Morgan fingerprint density at radius 3 is 2.45 bits per heavy atom. The number of rotatable bonds is 4. The van der Waals surface area contributed by atoms with E-state index in [1.165, 1.54) is 17.0 Å². The highest BCUT2D eigenvalue weighted by Gasteiger charge is 2.21. The Hall–Kier alpha value is -1.88. The molecule has 0 unspecified atom stereocenters. The van der Waals surface area contributed by atoms with Crippen molar-refractivity contribution < 1.29 is 9.18 Å². The third-order valence-electron chi connectivity index (χ3n) is 3.99. The summed E-state index contributed by atoms with van der Waals surface area (Å²) >= 11 is 1.70. The topological polar surface area (TPSA) is 23.6 Å². The maximum absolute atomic E-state index is 13.0. The van der Waals surface area contributed by atoms with Gasteiger partial charge in [0.25, 0.3) is 0 Å². The summed E-state index contributed by atoms with van der Waals surface area (Å²) in [5.41, 5.74) is 1.02. The van der Waals surface area contributed by atoms with E-state index in [0.717, 1.165) is 38.3 Å². The highest BCUT2D eigenvalue weighted by molar-refractivity contribution is 7.09. The molecule has 3 nitrogen and oxygen atoms in total. The minimum absolute atomic E-state index is 0.217. The summed E-state index contributed by atoms with van der Waals surface area (Å²) in [6, 6.07) is 10.6. The van der Waals surface area contributed by atoms with E-state index < -0.39 is 0 Å². The van der Waals surface area contributed by atoms with Crippen LogP contribution in [0.2, 0.25) is 0 Å². The molecule has 2 aromatic rings. The van der Waals surface area contributed by atoms with Gasteiger partial charge in [0.15, 0.2) is 0 Å². The highest BCUT2D eigenvalue weighted by Crippen LogP contribution is 2.18. The Labute approximate surface area is 134 Å². The van der Waals surface area contributed by atoms with Crippen LogP contribution < -0.4 is 4.90 Å². The SMILES string of the molecule is O=C(CCc1cccs1)N1CCN(c2ccc(F)cc2)CC1. The number of carbonyl (C=O) groups is 1. The average Bonchev–Trinajstić information content (AvgIpc) is 3.07. The fraction of sp³-hybridized carbons (Fsp3) is 0.353. The highest BCUT2D eigenvalue weighted by atomic mass is 32.1. The smallest absolute Gasteiger partial charge is 0.223 e. The van der Waals surface area contributed by atoms with Crippen LogP contribution in [0, 0.1) is 5.82 Å². The molecular formula is C17H19FN2OS. The Balaban J connectivity index is 1.48. The van der Waals surface area contributed by atoms with Crippen LogP contribution in [0.4, 0.5) is 10.1 Å². The Kier molecular flexibility index (Phi) is 4.73. The molecule has 1 amide bonds. The van der Waals surface area contributed by atoms with E-state index in [0.29, 0.717) is 6.42 Å². The van der Waals surface area contributed by atoms with Gasteiger partial charge >= 0.3 is 0 Å². The number of benzene rings is 1. The van der Waals surface area contributed by atoms with Gasteiger partial charge in [-0.15, -0.1) is 11.3 Å². The Morgan fingerprint density at radius 2 is 1.82 bits per heavy atom. The number of anilines is 1. The first-order valence-electron chi connectivity index (χ1n) is 7.53. The minimum atomic E-state index is -0.217. The van der Waals surface area contributed by atoms with Crippen LogP contribution in [0.3, 0.4) is 0 Å². The quantitative estimate of drug-likeness (QED) is 0.864. The molecule has 1 fully saturated rings. The lowest BCUT2D eigenvalue weighted by Gasteiger charge is -2.36. The second kappa shape index (κ2) is 6.92. The number of hydrogen-bond donors (Lipinski definition) is 0. The molecule has 1 aromatic carbocycles. The van der Waals surface area contributed by atoms with Crippen LogP contribution in [0.15, 0.2) is 41.8 Å². The van der Waals surface area contributed by atoms with E-state index in [1.54, 1.807) is 23.5 Å². The summed E-state index contributed by atoms with van der Waals surface area (Å²) in [5, 5.41) is 2.04. The van der Waals surface area contributed by atoms with Gasteiger partial charge in [0.1, 0.15) is 5.82 Å². The van der Waals surface area contributed by atoms with Gasteiger partial charge < -0.3 is 9.80 Å². The second-order valence-electron chi connectivity index (χ2n) is 5.42. The standard InChI is InChI=1S/C17H19FN2OS/c18-14-3-5-15(6-4-14)19-9-11-20(12-10-19)17(21)8-7-16-2-1-13-22-16/h1-6,13H,7-12H2. The number of carbonyl (C=O) groups excluding carboxylic acids is 1. The number of aryl methyl sites for hydroxylation is 1. The van der Waals surface area contributed by atoms with E-state index in [4.69, 9.17) is 0 Å². The van der Waals surface area contributed by atoms with Gasteiger partial charge in [-0.3, -0.25) is 4.79 Å². The minimum Gasteiger partial charge on any atom is -0.368 e. The molecule has 2 heterocycles. The van der Waals surface area contributed by atoms with E-state index in [-0.39, 0.29) is 11.7 Å². The number of nitrogens with zero attached hydrogens (tertiary/aromatic N) is 2. The molecule has 0 saturated carbocycles. The predicted molar refractivity (Wildman–Crippen MR) is 87.8 cm³/mol. The summed E-state index contributed by atoms with van der Waals surface area (Å²) in [4.78, 5) is 17.6. The normalized spacial score (nSPS) is 15.1. The van der Waals surface area contributed by atoms with Crippen LogP contribution in [0.1, 0.15) is 11.3 Å². The number of amides is 1. The number of thiophene rings is 1. The van der Waals surface area contributed by atoms with Crippen molar-refractivity contribution in [2.75, 3.05) is 31.1 Å². The molecule has 116 valence electrons. The van der Waals surface area contributed by atoms with E-state index in [9.17, 15) is 9.18 Å². The van der Waals surface area contributed by atoms with Crippen molar-refractivity contribution in [2.45, 2.75) is 12.8 Å². The number of halogens is 1. The maximum atomic E-state index is 13.0. The summed E-state index contributed by atoms with van der Waals surface area (Å²) < 4.78 is 13.0. The van der Waals surface area contributed by atoms with Crippen molar-refractivity contribution in [1.29, 1.82) is 0 Å². The molecule has 1 aromatic heterocycles. The molecule has 5 heteroatoms. The van der Waals surface area contributed by atoms with Crippen molar-refractivity contribution in [2.24, 2.45) is 0 Å². The third-order valence-corrected chi connectivity index (χ3v) is 4.93. The molecule has 0 aliphatic carbocycles. The number of hydrogen-bond acceptors (Lipinski definition) is 3. The van der Waals surface area contributed by atoms with Crippen LogP contribution in [-0.2, 0) is 11.2 Å². The first-order chi connectivity index (χ1) is 10.7. The zero-order valence-corrected chi connectivity index (χ0v) is 13.2. The van der Waals surface area contributed by atoms with Gasteiger partial charge in [0, 0.05) is 43.2 Å². The Bertz CT molecular complexity index is 604. The summed E-state index contributed by atoms with van der Waals surface area (Å²) in [6.45, 7) is 3.08. The first kappa shape index (κ1) is 15.0. The lowest BCUT2D eigenvalue weighted by Crippen LogP contribution is -2.48. The summed E-state index contributed by atoms with van der Waals surface area (Å²) in [6.07, 6.45) is 1.41. The molecule has 1 aliphatic heterocycles. The van der Waals surface area contributed by atoms with Crippen molar-refractivity contribution in [3.8, 4) is 0 Å². The van der Waals surface area contributed by atoms with Gasteiger partial charge in [-0.1, -0.05) is 6.07 Å². The molecular weight excluding hydrogens is 299 g/mol. The van der Waals surface area contributed by atoms with Crippen molar-refractivity contribution in [3.63, 3.8) is 0 Å². The second-order valence-corrected chi connectivity index (χ2v) is 6.46. The summed E-state index contributed by atoms with van der Waals surface area (Å²) in [7, 11) is 0. The van der Waals surface area contributed by atoms with Crippen LogP contribution in [0.5, 0.6) is 0 Å². The van der Waals surface area contributed by atoms with E-state index in [2.05, 4.69) is 11.0 Å². The Morgan fingerprint density at radius 1 is 1.09 bits per heavy atom. The molecule has 3 rings (SSSR count). The summed E-state index contributed by atoms with van der Waals surface area (Å²) in [5.74, 6) is 0.0123. The first-order valence-corrected chi connectivity index (χ1v) is 8.41. The molecule has 1 saturated heterocycles. The monoisotopic (exact) mass is 318 g/mol. The molecule has 1 aliphatic rings. The molecule has 0 bridgehead atoms. The zero-order valence-electron chi connectivity index (χ0n) is 12.4. The predicted octanol–water partition coefficient (Wildman–Crippen LogP) is 3.17. The van der Waals surface area contributed by atoms with Crippen molar-refractivity contribution in [3.05, 3.63) is 52.5 Å². The largest absolute Gasteiger partial charge is 0.368 e. The average molecular weight is 318 g/mol. The molecule has 0 atom stereocenters. The molecule has 0 spiro atoms. The van der Waals surface area contributed by atoms with Crippen molar-refractivity contribution in [1.82, 2.24) is 4.90 Å². The molecule has 0 radical (unpaired) electrons. The maximum Gasteiger partial charge on any atom is 0.223 e. The third kappa shape index (κ3) is 3.65. The van der Waals surface area contributed by atoms with Crippen LogP contribution >= 0.6 is 11.3 Å². The number of piperazine rings is 1. The van der Waals surface area contributed by atoms with E-state index >= 15 is 0 Å².